The third kappa shape index (κ3) is 9.64. The molecule has 1 N–H and O–H groups in total. The van der Waals surface area contributed by atoms with Gasteiger partial charge >= 0.3 is 0 Å². The smallest absolute Gasteiger partial charge is 0.109 e. The Labute approximate surface area is 369 Å². The Morgan fingerprint density at radius 1 is 0.774 bits per heavy atom. The number of hydrogen-bond donors (Lipinski definition) is 1. The van der Waals surface area contributed by atoms with Crippen molar-refractivity contribution in [3.8, 4) is 0 Å². The fourth-order valence-corrected chi connectivity index (χ4v) is 9.52. The Balaban J connectivity index is 0.969. The van der Waals surface area contributed by atoms with E-state index >= 15 is 0 Å². The minimum absolute atomic E-state index is 0.00360. The molecule has 0 saturated heterocycles. The minimum atomic E-state index is -0.0325. The summed E-state index contributed by atoms with van der Waals surface area (Å²) in [5.41, 5.74) is 13.2. The first-order chi connectivity index (χ1) is 30.6. The summed E-state index contributed by atoms with van der Waals surface area (Å²) in [4.78, 5) is 10.8. The maximum absolute atomic E-state index is 5.46. The zero-order valence-corrected chi connectivity index (χ0v) is 35.9. The molecule has 0 aromatic heterocycles. The molecular formula is C59H57N3. The van der Waals surface area contributed by atoms with Crippen molar-refractivity contribution >= 4 is 28.4 Å². The lowest BCUT2D eigenvalue weighted by molar-refractivity contribution is 0.471. The van der Waals surface area contributed by atoms with Gasteiger partial charge in [0.2, 0.25) is 0 Å². The van der Waals surface area contributed by atoms with Gasteiger partial charge < -0.3 is 5.32 Å². The molecule has 308 valence electrons. The van der Waals surface area contributed by atoms with Crippen LogP contribution in [0.1, 0.15) is 78.5 Å². The van der Waals surface area contributed by atoms with Crippen molar-refractivity contribution in [3.63, 3.8) is 0 Å². The number of hydrogen-bond acceptors (Lipinski definition) is 3. The largest absolute Gasteiger partial charge is 0.343 e. The second-order valence-electron chi connectivity index (χ2n) is 17.3. The molecule has 4 aromatic rings. The van der Waals surface area contributed by atoms with Gasteiger partial charge in [-0.2, -0.15) is 0 Å². The molecule has 0 fully saturated rings. The molecule has 0 bridgehead atoms. The highest BCUT2D eigenvalue weighted by molar-refractivity contribution is 6.09. The molecule has 0 spiro atoms. The van der Waals surface area contributed by atoms with Crippen molar-refractivity contribution in [1.82, 2.24) is 5.32 Å². The van der Waals surface area contributed by atoms with Crippen LogP contribution in [0.3, 0.4) is 0 Å². The monoisotopic (exact) mass is 807 g/mol. The number of amidine groups is 1. The molecule has 0 radical (unpaired) electrons. The summed E-state index contributed by atoms with van der Waals surface area (Å²) in [6.07, 6.45) is 40.1. The molecule has 5 aliphatic rings. The predicted octanol–water partition coefficient (Wildman–Crippen LogP) is 14.0. The van der Waals surface area contributed by atoms with E-state index in [0.717, 1.165) is 61.3 Å². The number of aliphatic imine (C=N–C) groups is 2. The summed E-state index contributed by atoms with van der Waals surface area (Å²) in [5, 5.41) is 3.80. The van der Waals surface area contributed by atoms with Gasteiger partial charge in [0.15, 0.2) is 0 Å². The molecule has 1 heterocycles. The van der Waals surface area contributed by atoms with Crippen LogP contribution in [0.5, 0.6) is 0 Å². The topological polar surface area (TPSA) is 36.8 Å². The van der Waals surface area contributed by atoms with Crippen LogP contribution in [0.25, 0.3) is 16.8 Å². The van der Waals surface area contributed by atoms with E-state index in [4.69, 9.17) is 9.98 Å². The predicted molar refractivity (Wildman–Crippen MR) is 264 cm³/mol. The standard InChI is InChI=1S/C59H57N3/c1-3-55(60-58(47-23-12-6-13-24-47)42(2)37-43-19-8-4-9-20-43)53-31-17-29-51(39-53)49-27-16-28-50(38-49)52-30-18-32-54(40-52)57-41-56(61-59(62-57)48-25-14-7-15-26-48)46-35-33-45(34-36-46)44-21-10-5-11-22-44/h3-15,17-21,23-25,28-33,35-36,38-42,44-45,48,56,58H,1,16,22,26-27,34,37H2,2H3,(H,61,62)/t42?,44?,45?,48-,56?,58?/m0/s1. The van der Waals surface area contributed by atoms with Crippen LogP contribution >= 0.6 is 0 Å². The van der Waals surface area contributed by atoms with Gasteiger partial charge in [-0.1, -0.05) is 190 Å². The second-order valence-corrected chi connectivity index (χ2v) is 17.3. The number of allylic oxidation sites excluding steroid dienone is 14. The lowest BCUT2D eigenvalue weighted by Crippen LogP contribution is -2.34. The highest BCUT2D eigenvalue weighted by Gasteiger charge is 2.26. The van der Waals surface area contributed by atoms with Crippen LogP contribution in [-0.2, 0) is 6.42 Å². The van der Waals surface area contributed by atoms with Gasteiger partial charge in [0.05, 0.1) is 17.8 Å². The van der Waals surface area contributed by atoms with Crippen LogP contribution in [0, 0.1) is 23.7 Å². The molecule has 0 amide bonds. The summed E-state index contributed by atoms with van der Waals surface area (Å²) in [6.45, 7) is 6.57. The fourth-order valence-electron chi connectivity index (χ4n) is 9.52. The highest BCUT2D eigenvalue weighted by Crippen LogP contribution is 2.36. The van der Waals surface area contributed by atoms with Crippen LogP contribution in [0.15, 0.2) is 222 Å². The third-order valence-electron chi connectivity index (χ3n) is 13.0. The van der Waals surface area contributed by atoms with E-state index in [0.29, 0.717) is 17.8 Å². The first kappa shape index (κ1) is 40.8. The lowest BCUT2D eigenvalue weighted by atomic mass is 9.81. The molecule has 3 nitrogen and oxygen atoms in total. The van der Waals surface area contributed by atoms with E-state index in [-0.39, 0.29) is 18.0 Å². The van der Waals surface area contributed by atoms with Crippen LogP contribution in [0.2, 0.25) is 0 Å². The molecule has 62 heavy (non-hydrogen) atoms. The Kier molecular flexibility index (Phi) is 12.8. The molecule has 0 saturated carbocycles. The van der Waals surface area contributed by atoms with Crippen molar-refractivity contribution in [3.05, 3.63) is 246 Å². The van der Waals surface area contributed by atoms with E-state index in [1.165, 1.54) is 44.5 Å². The van der Waals surface area contributed by atoms with E-state index < -0.39 is 0 Å². The molecule has 4 aliphatic carbocycles. The maximum Gasteiger partial charge on any atom is 0.109 e. The van der Waals surface area contributed by atoms with Crippen LogP contribution in [-0.4, -0.2) is 17.6 Å². The molecule has 3 heteroatoms. The van der Waals surface area contributed by atoms with Crippen LogP contribution < -0.4 is 5.32 Å². The molecule has 5 unspecified atom stereocenters. The quantitative estimate of drug-likeness (QED) is 0.134. The molecule has 6 atom stereocenters. The van der Waals surface area contributed by atoms with Gasteiger partial charge in [-0.3, -0.25) is 9.98 Å². The second kappa shape index (κ2) is 19.4. The Bertz CT molecular complexity index is 2600. The number of benzene rings is 4. The molecular weight excluding hydrogens is 751 g/mol. The average molecular weight is 808 g/mol. The van der Waals surface area contributed by atoms with E-state index in [1.807, 2.05) is 6.08 Å². The van der Waals surface area contributed by atoms with Gasteiger partial charge in [-0.25, -0.2) is 0 Å². The van der Waals surface area contributed by atoms with Crippen molar-refractivity contribution in [2.45, 2.75) is 57.5 Å². The summed E-state index contributed by atoms with van der Waals surface area (Å²) in [6, 6.07) is 39.4. The third-order valence-corrected chi connectivity index (χ3v) is 13.0. The van der Waals surface area contributed by atoms with Gasteiger partial charge in [0, 0.05) is 17.2 Å². The summed E-state index contributed by atoms with van der Waals surface area (Å²) in [7, 11) is 0. The maximum atomic E-state index is 5.46. The summed E-state index contributed by atoms with van der Waals surface area (Å²) >= 11 is 0. The van der Waals surface area contributed by atoms with E-state index in [9.17, 15) is 0 Å². The van der Waals surface area contributed by atoms with Gasteiger partial charge in [0.25, 0.3) is 0 Å². The zero-order valence-electron chi connectivity index (χ0n) is 35.9. The minimum Gasteiger partial charge on any atom is -0.343 e. The summed E-state index contributed by atoms with van der Waals surface area (Å²) in [5.74, 6) is 2.66. The zero-order chi connectivity index (χ0) is 42.1. The molecule has 4 aromatic carbocycles. The highest BCUT2D eigenvalue weighted by atomic mass is 15.0. The van der Waals surface area contributed by atoms with E-state index in [1.54, 1.807) is 0 Å². The Morgan fingerprint density at radius 2 is 1.53 bits per heavy atom. The fraction of sp³-hybridized carbons (Fsp3) is 0.220. The Morgan fingerprint density at radius 3 is 2.29 bits per heavy atom. The number of rotatable bonds is 13. The Hall–Kier alpha value is -6.58. The summed E-state index contributed by atoms with van der Waals surface area (Å²) < 4.78 is 0. The van der Waals surface area contributed by atoms with Gasteiger partial charge in [-0.15, -0.1) is 0 Å². The van der Waals surface area contributed by atoms with Crippen molar-refractivity contribution in [1.29, 1.82) is 0 Å². The first-order valence-corrected chi connectivity index (χ1v) is 22.6. The van der Waals surface area contributed by atoms with Crippen molar-refractivity contribution in [2.24, 2.45) is 33.7 Å². The SMILES string of the molecule is C=CC(=NC(c1ccccc1)C(C)Cc1ccccc1)c1cccc(C2=CC(c3cccc(C4=CC(C5=CCC(C6C=CC=CC6)C=C5)N=C([C@H]5C=CC=CC5)N4)c3)=CCC2)c1. The first-order valence-electron chi connectivity index (χ1n) is 22.6. The molecule has 9 rings (SSSR count). The molecule has 1 aliphatic heterocycles. The van der Waals surface area contributed by atoms with E-state index in [2.05, 4.69) is 213 Å². The van der Waals surface area contributed by atoms with Crippen molar-refractivity contribution in [2.75, 3.05) is 0 Å². The number of nitrogens with one attached hydrogen (secondary N) is 1. The van der Waals surface area contributed by atoms with Crippen LogP contribution in [0.4, 0.5) is 0 Å². The number of nitrogens with zero attached hydrogens (tertiary/aromatic N) is 2. The van der Waals surface area contributed by atoms with Gasteiger partial charge in [0.1, 0.15) is 5.84 Å². The lowest BCUT2D eigenvalue weighted by Gasteiger charge is -2.29. The normalized spacial score (nSPS) is 23.0. The average Bonchev–Trinajstić information content (AvgIpc) is 3.35. The van der Waals surface area contributed by atoms with Gasteiger partial charge in [-0.05, 0) is 125 Å². The van der Waals surface area contributed by atoms with Crippen molar-refractivity contribution < 1.29 is 0 Å².